The van der Waals surface area contributed by atoms with E-state index in [0.717, 1.165) is 50.0 Å². The van der Waals surface area contributed by atoms with Crippen LogP contribution in [0.4, 0.5) is 13.2 Å². The van der Waals surface area contributed by atoms with E-state index in [1.165, 1.54) is 12.1 Å². The fraction of sp³-hybridized carbons (Fsp3) is 0.588. The predicted molar refractivity (Wildman–Crippen MR) is 81.0 cm³/mol. The topological polar surface area (TPSA) is 32.3 Å². The van der Waals surface area contributed by atoms with E-state index in [-0.39, 0.29) is 17.7 Å². The molecule has 3 rings (SSSR count). The largest absolute Gasteiger partial charge is 0.416 e. The molecule has 0 aromatic heterocycles. The highest BCUT2D eigenvalue weighted by Gasteiger charge is 2.46. The molecule has 1 aromatic carbocycles. The second kappa shape index (κ2) is 6.15. The Morgan fingerprint density at radius 2 is 1.96 bits per heavy atom. The zero-order valence-corrected chi connectivity index (χ0v) is 13.1. The van der Waals surface area contributed by atoms with Crippen LogP contribution in [0.3, 0.4) is 0 Å². The van der Waals surface area contributed by atoms with E-state index in [9.17, 15) is 18.0 Å². The molecule has 1 aliphatic carbocycles. The van der Waals surface area contributed by atoms with Gasteiger partial charge in [0.25, 0.3) is 0 Å². The van der Waals surface area contributed by atoms with Gasteiger partial charge in [0, 0.05) is 25.0 Å². The number of alkyl halides is 3. The molecule has 23 heavy (non-hydrogen) atoms. The Bertz CT molecular complexity index is 570. The molecule has 1 N–H and O–H groups in total. The number of likely N-dealkylation sites (N-methyl/N-ethyl adjacent to an activating group) is 1. The van der Waals surface area contributed by atoms with Crippen LogP contribution < -0.4 is 5.32 Å². The van der Waals surface area contributed by atoms with Gasteiger partial charge in [-0.1, -0.05) is 12.1 Å². The van der Waals surface area contributed by atoms with E-state index in [0.29, 0.717) is 6.04 Å². The second-order valence-electron chi connectivity index (χ2n) is 6.48. The summed E-state index contributed by atoms with van der Waals surface area (Å²) in [7, 11) is 1.90. The summed E-state index contributed by atoms with van der Waals surface area (Å²) in [5.74, 6) is 0.150. The Morgan fingerprint density at radius 1 is 1.26 bits per heavy atom. The zero-order valence-electron chi connectivity index (χ0n) is 13.1. The monoisotopic (exact) mass is 326 g/mol. The lowest BCUT2D eigenvalue weighted by molar-refractivity contribution is -0.137. The fourth-order valence-electron chi connectivity index (χ4n) is 3.40. The average molecular weight is 326 g/mol. The number of likely N-dealkylation sites (tertiary alicyclic amines) is 1. The summed E-state index contributed by atoms with van der Waals surface area (Å²) in [6.45, 7) is 1.51. The molecular weight excluding hydrogens is 305 g/mol. The van der Waals surface area contributed by atoms with Crippen LogP contribution in [-0.4, -0.2) is 37.0 Å². The van der Waals surface area contributed by atoms with Crippen LogP contribution in [-0.2, 0) is 11.0 Å². The molecule has 1 heterocycles. The minimum Gasteiger partial charge on any atom is -0.341 e. The highest BCUT2D eigenvalue weighted by atomic mass is 19.4. The number of rotatable bonds is 3. The number of piperidine rings is 1. The number of carbonyl (C=O) groups excluding carboxylic acids is 1. The predicted octanol–water partition coefficient (Wildman–Crippen LogP) is 3.02. The maximum Gasteiger partial charge on any atom is 0.416 e. The Labute approximate surface area is 133 Å². The van der Waals surface area contributed by atoms with Crippen LogP contribution in [0.1, 0.15) is 36.3 Å². The molecular formula is C17H21F3N2O. The summed E-state index contributed by atoms with van der Waals surface area (Å²) in [5, 5.41) is 3.21. The fourth-order valence-corrected chi connectivity index (χ4v) is 3.40. The number of halogens is 3. The van der Waals surface area contributed by atoms with Gasteiger partial charge in [0.1, 0.15) is 0 Å². The highest BCUT2D eigenvalue weighted by Crippen LogP contribution is 2.49. The van der Waals surface area contributed by atoms with Crippen molar-refractivity contribution < 1.29 is 18.0 Å². The van der Waals surface area contributed by atoms with Gasteiger partial charge in [-0.3, -0.25) is 4.79 Å². The van der Waals surface area contributed by atoms with E-state index < -0.39 is 11.7 Å². The first-order valence-electron chi connectivity index (χ1n) is 8.03. The molecule has 2 aliphatic rings. The Kier molecular flexibility index (Phi) is 4.36. The lowest BCUT2D eigenvalue weighted by atomic mass is 10.0. The van der Waals surface area contributed by atoms with Crippen LogP contribution in [0.15, 0.2) is 24.3 Å². The lowest BCUT2D eigenvalue weighted by Crippen LogP contribution is -2.47. The van der Waals surface area contributed by atoms with Gasteiger partial charge in [0.15, 0.2) is 0 Å². The van der Waals surface area contributed by atoms with Crippen molar-refractivity contribution in [1.29, 1.82) is 0 Å². The van der Waals surface area contributed by atoms with Gasteiger partial charge in [-0.2, -0.15) is 13.2 Å². The van der Waals surface area contributed by atoms with Crippen LogP contribution in [0, 0.1) is 5.92 Å². The zero-order chi connectivity index (χ0) is 16.6. The standard InChI is InChI=1S/C17H21F3N2O/c1-21-13-3-2-8-22(10-13)16(23)15-9-14(15)11-4-6-12(7-5-11)17(18,19)20/h4-7,13-15,21H,2-3,8-10H2,1H3/t13-,14-,15+/m1/s1. The quantitative estimate of drug-likeness (QED) is 0.926. The summed E-state index contributed by atoms with van der Waals surface area (Å²) >= 11 is 0. The molecule has 3 atom stereocenters. The number of benzene rings is 1. The SMILES string of the molecule is CN[C@@H]1CCCN(C(=O)[C@H]2C[C@@H]2c2ccc(C(F)(F)F)cc2)C1. The molecule has 1 saturated heterocycles. The van der Waals surface area contributed by atoms with Gasteiger partial charge in [-0.05, 0) is 49.9 Å². The van der Waals surface area contributed by atoms with E-state index in [1.54, 1.807) is 0 Å². The third kappa shape index (κ3) is 3.52. The molecule has 1 aliphatic heterocycles. The second-order valence-corrected chi connectivity index (χ2v) is 6.48. The van der Waals surface area contributed by atoms with Gasteiger partial charge >= 0.3 is 6.18 Å². The molecule has 0 unspecified atom stereocenters. The number of hydrogen-bond donors (Lipinski definition) is 1. The van der Waals surface area contributed by atoms with Crippen LogP contribution in [0.5, 0.6) is 0 Å². The van der Waals surface area contributed by atoms with E-state index in [4.69, 9.17) is 0 Å². The number of nitrogens with one attached hydrogen (secondary N) is 1. The van der Waals surface area contributed by atoms with Crippen LogP contribution in [0.2, 0.25) is 0 Å². The smallest absolute Gasteiger partial charge is 0.341 e. The maximum absolute atomic E-state index is 12.6. The molecule has 6 heteroatoms. The third-order valence-corrected chi connectivity index (χ3v) is 4.92. The Balaban J connectivity index is 1.61. The number of carbonyl (C=O) groups is 1. The summed E-state index contributed by atoms with van der Waals surface area (Å²) in [5.41, 5.74) is 0.191. The van der Waals surface area contributed by atoms with Crippen molar-refractivity contribution >= 4 is 5.91 Å². The van der Waals surface area contributed by atoms with Crippen molar-refractivity contribution in [3.05, 3.63) is 35.4 Å². The maximum atomic E-state index is 12.6. The summed E-state index contributed by atoms with van der Waals surface area (Å²) < 4.78 is 37.8. The summed E-state index contributed by atoms with van der Waals surface area (Å²) in [6, 6.07) is 5.57. The molecule has 1 saturated carbocycles. The van der Waals surface area contributed by atoms with Gasteiger partial charge in [-0.15, -0.1) is 0 Å². The third-order valence-electron chi connectivity index (χ3n) is 4.92. The first-order valence-corrected chi connectivity index (χ1v) is 8.03. The molecule has 2 fully saturated rings. The van der Waals surface area contributed by atoms with Crippen molar-refractivity contribution in [3.8, 4) is 0 Å². The summed E-state index contributed by atoms with van der Waals surface area (Å²) in [4.78, 5) is 14.5. The van der Waals surface area contributed by atoms with E-state index in [2.05, 4.69) is 5.32 Å². The highest BCUT2D eigenvalue weighted by molar-refractivity contribution is 5.83. The molecule has 0 spiro atoms. The molecule has 0 bridgehead atoms. The van der Waals surface area contributed by atoms with Crippen molar-refractivity contribution in [3.63, 3.8) is 0 Å². The molecule has 126 valence electrons. The van der Waals surface area contributed by atoms with E-state index >= 15 is 0 Å². The van der Waals surface area contributed by atoms with Gasteiger partial charge in [0.05, 0.1) is 5.56 Å². The summed E-state index contributed by atoms with van der Waals surface area (Å²) in [6.07, 6.45) is -1.50. The van der Waals surface area contributed by atoms with Gasteiger partial charge < -0.3 is 10.2 Å². The van der Waals surface area contributed by atoms with Crippen molar-refractivity contribution in [2.24, 2.45) is 5.92 Å². The van der Waals surface area contributed by atoms with Crippen molar-refractivity contribution in [2.75, 3.05) is 20.1 Å². The van der Waals surface area contributed by atoms with Gasteiger partial charge in [-0.25, -0.2) is 0 Å². The Hall–Kier alpha value is -1.56. The molecule has 1 aromatic rings. The van der Waals surface area contributed by atoms with Crippen molar-refractivity contribution in [1.82, 2.24) is 10.2 Å². The van der Waals surface area contributed by atoms with Crippen LogP contribution in [0.25, 0.3) is 0 Å². The first kappa shape index (κ1) is 16.3. The average Bonchev–Trinajstić information content (AvgIpc) is 3.34. The van der Waals surface area contributed by atoms with E-state index in [1.807, 2.05) is 11.9 Å². The molecule has 1 amide bonds. The normalized spacial score (nSPS) is 27.8. The Morgan fingerprint density at radius 3 is 2.57 bits per heavy atom. The first-order chi connectivity index (χ1) is 10.9. The van der Waals surface area contributed by atoms with Crippen molar-refractivity contribution in [2.45, 2.75) is 37.4 Å². The molecule has 0 radical (unpaired) electrons. The van der Waals surface area contributed by atoms with Gasteiger partial charge in [0.2, 0.25) is 5.91 Å². The minimum atomic E-state index is -4.31. The minimum absolute atomic E-state index is 0.0673. The number of hydrogen-bond acceptors (Lipinski definition) is 2. The number of amides is 1. The molecule has 3 nitrogen and oxygen atoms in total. The number of nitrogens with zero attached hydrogens (tertiary/aromatic N) is 1. The lowest BCUT2D eigenvalue weighted by Gasteiger charge is -2.32. The van der Waals surface area contributed by atoms with Crippen LogP contribution >= 0.6 is 0 Å².